The van der Waals surface area contributed by atoms with Gasteiger partial charge in [0.15, 0.2) is 0 Å². The molecule has 0 fully saturated rings. The molecule has 102 valence electrons. The van der Waals surface area contributed by atoms with E-state index in [0.717, 1.165) is 5.70 Å². The van der Waals surface area contributed by atoms with Crippen LogP contribution < -0.4 is 0 Å². The molecule has 0 unspecified atom stereocenters. The van der Waals surface area contributed by atoms with Gasteiger partial charge in [0, 0.05) is 11.9 Å². The molecule has 0 bridgehead atoms. The van der Waals surface area contributed by atoms with Crippen LogP contribution in [0.15, 0.2) is 67.9 Å². The summed E-state index contributed by atoms with van der Waals surface area (Å²) in [4.78, 5) is 0. The summed E-state index contributed by atoms with van der Waals surface area (Å²) >= 11 is 0. The SMILES string of the molecule is C=C/C=C(\C=C)n1ccc2ccccc21.CC.CC. The van der Waals surface area contributed by atoms with Gasteiger partial charge in [-0.1, -0.05) is 65.1 Å². The lowest BCUT2D eigenvalue weighted by Gasteiger charge is -2.04. The Labute approximate surface area is 117 Å². The smallest absolute Gasteiger partial charge is 0.0528 e. The van der Waals surface area contributed by atoms with Gasteiger partial charge in [-0.3, -0.25) is 0 Å². The summed E-state index contributed by atoms with van der Waals surface area (Å²) in [6, 6.07) is 10.4. The molecule has 1 nitrogen and oxygen atoms in total. The zero-order valence-corrected chi connectivity index (χ0v) is 12.6. The lowest BCUT2D eigenvalue weighted by Crippen LogP contribution is -1.91. The number of benzene rings is 1. The van der Waals surface area contributed by atoms with Crippen LogP contribution in [-0.2, 0) is 0 Å². The molecule has 1 heteroatoms. The molecule has 0 aliphatic heterocycles. The first-order valence-corrected chi connectivity index (χ1v) is 6.88. The van der Waals surface area contributed by atoms with Crippen molar-refractivity contribution in [2.45, 2.75) is 27.7 Å². The Bertz CT molecular complexity index is 529. The average molecular weight is 255 g/mol. The van der Waals surface area contributed by atoms with Crippen molar-refractivity contribution in [2.24, 2.45) is 0 Å². The number of allylic oxidation sites excluding steroid dienone is 4. The highest BCUT2D eigenvalue weighted by Crippen LogP contribution is 2.19. The van der Waals surface area contributed by atoms with Gasteiger partial charge in [-0.2, -0.15) is 0 Å². The van der Waals surface area contributed by atoms with E-state index in [4.69, 9.17) is 0 Å². The number of aromatic nitrogens is 1. The standard InChI is InChI=1S/C14H13N.2C2H6/c1-3-7-13(4-2)15-11-10-12-8-5-6-9-14(12)15;2*1-2/h3-11H,1-2H2;2*1-2H3/b13-7+;;. The van der Waals surface area contributed by atoms with E-state index < -0.39 is 0 Å². The van der Waals surface area contributed by atoms with E-state index in [2.05, 4.69) is 35.9 Å². The van der Waals surface area contributed by atoms with E-state index in [1.54, 1.807) is 6.08 Å². The molecule has 0 saturated heterocycles. The summed E-state index contributed by atoms with van der Waals surface area (Å²) in [6.07, 6.45) is 7.58. The van der Waals surface area contributed by atoms with Gasteiger partial charge in [0.2, 0.25) is 0 Å². The van der Waals surface area contributed by atoms with Crippen LogP contribution in [0.2, 0.25) is 0 Å². The fourth-order valence-electron chi connectivity index (χ4n) is 1.68. The van der Waals surface area contributed by atoms with Gasteiger partial charge in [0.25, 0.3) is 0 Å². The quantitative estimate of drug-likeness (QED) is 0.601. The van der Waals surface area contributed by atoms with E-state index in [9.17, 15) is 0 Å². The Morgan fingerprint density at radius 2 is 1.63 bits per heavy atom. The van der Waals surface area contributed by atoms with Gasteiger partial charge < -0.3 is 4.57 Å². The molecule has 0 spiro atoms. The second kappa shape index (κ2) is 9.95. The van der Waals surface area contributed by atoms with Crippen LogP contribution >= 0.6 is 0 Å². The lowest BCUT2D eigenvalue weighted by atomic mass is 10.2. The predicted octanol–water partition coefficient (Wildman–Crippen LogP) is 5.91. The van der Waals surface area contributed by atoms with Crippen LogP contribution in [0.3, 0.4) is 0 Å². The number of fused-ring (bicyclic) bond motifs is 1. The third kappa shape index (κ3) is 4.29. The first kappa shape index (κ1) is 17.0. The number of para-hydroxylation sites is 1. The van der Waals surface area contributed by atoms with E-state index in [0.29, 0.717) is 0 Å². The van der Waals surface area contributed by atoms with Crippen LogP contribution in [0.5, 0.6) is 0 Å². The highest BCUT2D eigenvalue weighted by atomic mass is 15.0. The molecule has 19 heavy (non-hydrogen) atoms. The molecule has 0 aliphatic carbocycles. The minimum Gasteiger partial charge on any atom is -0.317 e. The van der Waals surface area contributed by atoms with Crippen LogP contribution in [-0.4, -0.2) is 4.57 Å². The van der Waals surface area contributed by atoms with Gasteiger partial charge in [0.1, 0.15) is 0 Å². The van der Waals surface area contributed by atoms with Crippen LogP contribution in [0.4, 0.5) is 0 Å². The Hall–Kier alpha value is -2.02. The summed E-state index contributed by atoms with van der Waals surface area (Å²) in [5, 5.41) is 1.23. The first-order valence-electron chi connectivity index (χ1n) is 6.88. The Kier molecular flexibility index (Phi) is 8.90. The summed E-state index contributed by atoms with van der Waals surface area (Å²) in [5.74, 6) is 0. The maximum atomic E-state index is 3.81. The topological polar surface area (TPSA) is 4.93 Å². The number of rotatable bonds is 3. The average Bonchev–Trinajstić information content (AvgIpc) is 2.93. The highest BCUT2D eigenvalue weighted by molar-refractivity contribution is 5.84. The molecule has 1 heterocycles. The molecule has 0 saturated carbocycles. The fourth-order valence-corrected chi connectivity index (χ4v) is 1.68. The number of nitrogens with zero attached hydrogens (tertiary/aromatic N) is 1. The van der Waals surface area contributed by atoms with Crippen molar-refractivity contribution in [3.8, 4) is 0 Å². The molecule has 0 N–H and O–H groups in total. The largest absolute Gasteiger partial charge is 0.317 e. The molecule has 0 atom stereocenters. The second-order valence-corrected chi connectivity index (χ2v) is 3.28. The summed E-state index contributed by atoms with van der Waals surface area (Å²) in [6.45, 7) is 15.5. The zero-order valence-electron chi connectivity index (χ0n) is 12.6. The Balaban J connectivity index is 0.000000741. The monoisotopic (exact) mass is 255 g/mol. The third-order valence-electron chi connectivity index (χ3n) is 2.38. The summed E-state index contributed by atoms with van der Waals surface area (Å²) < 4.78 is 2.10. The van der Waals surface area contributed by atoms with Gasteiger partial charge in [-0.15, -0.1) is 0 Å². The molecule has 2 aromatic rings. The first-order chi connectivity index (χ1) is 9.36. The van der Waals surface area contributed by atoms with E-state index in [-0.39, 0.29) is 0 Å². The minimum absolute atomic E-state index is 1.03. The van der Waals surface area contributed by atoms with E-state index in [1.807, 2.05) is 58.2 Å². The maximum absolute atomic E-state index is 3.81. The van der Waals surface area contributed by atoms with Gasteiger partial charge in [0.05, 0.1) is 5.52 Å². The lowest BCUT2D eigenvalue weighted by molar-refractivity contribution is 1.18. The van der Waals surface area contributed by atoms with Gasteiger partial charge in [-0.05, 0) is 29.7 Å². The van der Waals surface area contributed by atoms with Crippen molar-refractivity contribution in [3.05, 3.63) is 67.9 Å². The Morgan fingerprint density at radius 1 is 1.00 bits per heavy atom. The van der Waals surface area contributed by atoms with Crippen molar-refractivity contribution in [1.29, 1.82) is 0 Å². The molecule has 0 amide bonds. The second-order valence-electron chi connectivity index (χ2n) is 3.28. The summed E-state index contributed by atoms with van der Waals surface area (Å²) in [5.41, 5.74) is 2.22. The zero-order chi connectivity index (χ0) is 14.7. The van der Waals surface area contributed by atoms with Crippen molar-refractivity contribution >= 4 is 16.6 Å². The van der Waals surface area contributed by atoms with Crippen molar-refractivity contribution in [1.82, 2.24) is 4.57 Å². The van der Waals surface area contributed by atoms with Crippen molar-refractivity contribution in [2.75, 3.05) is 0 Å². The maximum Gasteiger partial charge on any atom is 0.0528 e. The van der Waals surface area contributed by atoms with Gasteiger partial charge >= 0.3 is 0 Å². The molecule has 0 aliphatic rings. The molecule has 2 rings (SSSR count). The molecular formula is C18H25N. The van der Waals surface area contributed by atoms with Crippen LogP contribution in [0.1, 0.15) is 27.7 Å². The minimum atomic E-state index is 1.03. The third-order valence-corrected chi connectivity index (χ3v) is 2.38. The predicted molar refractivity (Wildman–Crippen MR) is 89.3 cm³/mol. The normalized spacial score (nSPS) is 9.79. The number of hydrogen-bond acceptors (Lipinski definition) is 0. The number of hydrogen-bond donors (Lipinski definition) is 0. The highest BCUT2D eigenvalue weighted by Gasteiger charge is 2.00. The van der Waals surface area contributed by atoms with Gasteiger partial charge in [-0.25, -0.2) is 0 Å². The van der Waals surface area contributed by atoms with Crippen LogP contribution in [0.25, 0.3) is 16.6 Å². The Morgan fingerprint density at radius 3 is 2.21 bits per heavy atom. The van der Waals surface area contributed by atoms with E-state index in [1.165, 1.54) is 10.9 Å². The molecule has 1 aromatic carbocycles. The van der Waals surface area contributed by atoms with Crippen molar-refractivity contribution < 1.29 is 0 Å². The van der Waals surface area contributed by atoms with E-state index >= 15 is 0 Å². The molecular weight excluding hydrogens is 230 g/mol. The summed E-state index contributed by atoms with van der Waals surface area (Å²) in [7, 11) is 0. The fraction of sp³-hybridized carbons (Fsp3) is 0.222. The molecule has 0 radical (unpaired) electrons. The van der Waals surface area contributed by atoms with Crippen LogP contribution in [0, 0.1) is 0 Å². The molecule has 1 aromatic heterocycles. The van der Waals surface area contributed by atoms with Crippen molar-refractivity contribution in [3.63, 3.8) is 0 Å².